The number of aliphatic hydroxyl groups is 1. The van der Waals surface area contributed by atoms with Crippen molar-refractivity contribution in [3.63, 3.8) is 0 Å². The van der Waals surface area contributed by atoms with E-state index in [4.69, 9.17) is 5.73 Å². The number of ether oxygens (including phenoxy) is 1. The number of rotatable bonds is 6. The highest BCUT2D eigenvalue weighted by Gasteiger charge is 2.42. The van der Waals surface area contributed by atoms with E-state index in [-0.39, 0.29) is 46.9 Å². The molecule has 1 aliphatic heterocycles. The number of nitrogens with zero attached hydrogens (tertiary/aromatic N) is 4. The fraction of sp³-hybridized carbons (Fsp3) is 0.500. The predicted molar refractivity (Wildman–Crippen MR) is 142 cm³/mol. The van der Waals surface area contributed by atoms with E-state index in [2.05, 4.69) is 20.1 Å². The average Bonchev–Trinajstić information content (AvgIpc) is 3.61. The van der Waals surface area contributed by atoms with Crippen LogP contribution in [0.4, 0.5) is 19.0 Å². The second-order valence-electron chi connectivity index (χ2n) is 11.7. The zero-order chi connectivity index (χ0) is 29.3. The average molecular weight is 573 g/mol. The van der Waals surface area contributed by atoms with Crippen molar-refractivity contribution in [1.82, 2.24) is 24.8 Å². The van der Waals surface area contributed by atoms with Crippen LogP contribution >= 0.6 is 0 Å². The summed E-state index contributed by atoms with van der Waals surface area (Å²) in [6, 6.07) is 4.09. The minimum Gasteiger partial charge on any atom is -0.405 e. The first-order chi connectivity index (χ1) is 19.3. The van der Waals surface area contributed by atoms with Crippen LogP contribution in [0.15, 0.2) is 24.4 Å². The molecule has 2 amide bonds. The van der Waals surface area contributed by atoms with Gasteiger partial charge in [-0.15, -0.1) is 18.3 Å². The molecule has 3 heterocycles. The molecule has 3 aliphatic rings. The Bertz CT molecular complexity index is 1540. The zero-order valence-electron chi connectivity index (χ0n) is 22.7. The van der Waals surface area contributed by atoms with Gasteiger partial charge in [-0.3, -0.25) is 9.59 Å². The van der Waals surface area contributed by atoms with Crippen molar-refractivity contribution in [3.05, 3.63) is 41.1 Å². The SMILES string of the molecule is CC(C1CC1)N1Cc2cc(-c3ccn4nc(N)c(C(=O)NC5CCC(C)(O)CC5)c4n3)cc(OC(F)(F)F)c2C1=O. The third-order valence-corrected chi connectivity index (χ3v) is 8.45. The Morgan fingerprint density at radius 2 is 1.95 bits per heavy atom. The number of fused-ring (bicyclic) bond motifs is 2. The van der Waals surface area contributed by atoms with Crippen molar-refractivity contribution in [3.8, 4) is 17.0 Å². The lowest BCUT2D eigenvalue weighted by molar-refractivity contribution is -0.274. The minimum atomic E-state index is -5.00. The van der Waals surface area contributed by atoms with Gasteiger partial charge in [-0.25, -0.2) is 9.50 Å². The molecule has 6 rings (SSSR count). The molecular formula is C28H31F3N6O4. The smallest absolute Gasteiger partial charge is 0.405 e. The fourth-order valence-electron chi connectivity index (χ4n) is 5.92. The minimum absolute atomic E-state index is 0.0414. The number of nitrogens with one attached hydrogen (secondary N) is 1. The third-order valence-electron chi connectivity index (χ3n) is 8.45. The number of carbonyl (C=O) groups excluding carboxylic acids is 2. The maximum Gasteiger partial charge on any atom is 0.573 e. The fourth-order valence-corrected chi connectivity index (χ4v) is 5.92. The first-order valence-electron chi connectivity index (χ1n) is 13.7. The van der Waals surface area contributed by atoms with E-state index in [0.717, 1.165) is 18.9 Å². The number of carbonyl (C=O) groups is 2. The molecule has 1 atom stereocenters. The highest BCUT2D eigenvalue weighted by molar-refractivity contribution is 6.05. The van der Waals surface area contributed by atoms with Crippen LogP contribution in [-0.4, -0.2) is 60.5 Å². The maximum absolute atomic E-state index is 13.4. The van der Waals surface area contributed by atoms with E-state index in [1.54, 1.807) is 24.0 Å². The first-order valence-corrected chi connectivity index (χ1v) is 13.7. The molecule has 0 radical (unpaired) electrons. The molecule has 1 aromatic carbocycles. The number of amides is 2. The standard InChI is InChI=1S/C28H31F3N6O4/c1-14(15-3-4-15)36-13-17-11-16(12-20(21(17)26(36)39)41-28(29,30)31)19-7-10-37-24(34-19)22(23(32)35-37)25(38)33-18-5-8-27(2,40)9-6-18/h7,10-12,14-15,18,40H,3-6,8-9,13H2,1-2H3,(H2,32,35)(H,33,38). The number of hydrogen-bond donors (Lipinski definition) is 3. The molecule has 2 aromatic heterocycles. The van der Waals surface area contributed by atoms with Gasteiger partial charge in [0.05, 0.1) is 16.9 Å². The van der Waals surface area contributed by atoms with Crippen molar-refractivity contribution >= 4 is 23.3 Å². The largest absolute Gasteiger partial charge is 0.573 e. The van der Waals surface area contributed by atoms with Gasteiger partial charge in [0.1, 0.15) is 11.3 Å². The zero-order valence-corrected chi connectivity index (χ0v) is 22.7. The van der Waals surface area contributed by atoms with Crippen molar-refractivity contribution < 1.29 is 32.6 Å². The summed E-state index contributed by atoms with van der Waals surface area (Å²) in [4.78, 5) is 32.6. The summed E-state index contributed by atoms with van der Waals surface area (Å²) >= 11 is 0. The molecule has 2 aliphatic carbocycles. The van der Waals surface area contributed by atoms with E-state index in [9.17, 15) is 27.9 Å². The van der Waals surface area contributed by atoms with Crippen molar-refractivity contribution in [1.29, 1.82) is 0 Å². The van der Waals surface area contributed by atoms with Crippen LogP contribution in [0, 0.1) is 5.92 Å². The Morgan fingerprint density at radius 3 is 2.61 bits per heavy atom. The number of halogens is 3. The van der Waals surface area contributed by atoms with Crippen molar-refractivity contribution in [2.45, 2.75) is 83.0 Å². The molecule has 0 saturated heterocycles. The normalized spacial score (nSPS) is 23.5. The van der Waals surface area contributed by atoms with Crippen LogP contribution < -0.4 is 15.8 Å². The van der Waals surface area contributed by atoms with Gasteiger partial charge in [0.2, 0.25) is 0 Å². The topological polar surface area (TPSA) is 135 Å². The predicted octanol–water partition coefficient (Wildman–Crippen LogP) is 4.05. The molecular weight excluding hydrogens is 541 g/mol. The molecule has 2 saturated carbocycles. The monoisotopic (exact) mass is 572 g/mol. The van der Waals surface area contributed by atoms with Gasteiger partial charge >= 0.3 is 6.36 Å². The summed E-state index contributed by atoms with van der Waals surface area (Å²) in [5.74, 6) is -1.25. The highest BCUT2D eigenvalue weighted by Crippen LogP contribution is 2.42. The van der Waals surface area contributed by atoms with E-state index >= 15 is 0 Å². The van der Waals surface area contributed by atoms with E-state index < -0.39 is 29.5 Å². The van der Waals surface area contributed by atoms with Gasteiger partial charge in [-0.1, -0.05) is 0 Å². The van der Waals surface area contributed by atoms with Crippen LogP contribution in [0.2, 0.25) is 0 Å². The van der Waals surface area contributed by atoms with Crippen molar-refractivity contribution in [2.75, 3.05) is 5.73 Å². The summed E-state index contributed by atoms with van der Waals surface area (Å²) < 4.78 is 45.9. The third kappa shape index (κ3) is 5.30. The number of aromatic nitrogens is 3. The highest BCUT2D eigenvalue weighted by atomic mass is 19.4. The Kier molecular flexibility index (Phi) is 6.40. The number of alkyl halides is 3. The van der Waals surface area contributed by atoms with Crippen LogP contribution in [0.5, 0.6) is 5.75 Å². The summed E-state index contributed by atoms with van der Waals surface area (Å²) in [5.41, 5.74) is 6.39. The van der Waals surface area contributed by atoms with E-state index in [0.29, 0.717) is 42.7 Å². The van der Waals surface area contributed by atoms with Gasteiger partial charge in [0, 0.05) is 30.4 Å². The molecule has 4 N–H and O–H groups in total. The first kappa shape index (κ1) is 27.3. The summed E-state index contributed by atoms with van der Waals surface area (Å²) in [7, 11) is 0. The Morgan fingerprint density at radius 1 is 1.24 bits per heavy atom. The van der Waals surface area contributed by atoms with Crippen LogP contribution in [0.3, 0.4) is 0 Å². The van der Waals surface area contributed by atoms with Gasteiger partial charge in [-0.2, -0.15) is 0 Å². The molecule has 0 spiro atoms. The second-order valence-corrected chi connectivity index (χ2v) is 11.7. The van der Waals surface area contributed by atoms with Gasteiger partial charge in [-0.05, 0) is 82.1 Å². The number of nitrogen functional groups attached to an aromatic ring is 1. The number of nitrogens with two attached hydrogens (primary N) is 1. The van der Waals surface area contributed by atoms with E-state index in [1.165, 1.54) is 10.7 Å². The summed E-state index contributed by atoms with van der Waals surface area (Å²) in [6.45, 7) is 3.84. The van der Waals surface area contributed by atoms with E-state index in [1.807, 2.05) is 6.92 Å². The number of hydrogen-bond acceptors (Lipinski definition) is 7. The van der Waals surface area contributed by atoms with Gasteiger partial charge < -0.3 is 25.8 Å². The van der Waals surface area contributed by atoms with Crippen LogP contribution in [-0.2, 0) is 6.54 Å². The van der Waals surface area contributed by atoms with Crippen molar-refractivity contribution in [2.24, 2.45) is 5.92 Å². The molecule has 1 unspecified atom stereocenters. The van der Waals surface area contributed by atoms with Crippen LogP contribution in [0.1, 0.15) is 78.7 Å². The molecule has 41 heavy (non-hydrogen) atoms. The molecule has 13 heteroatoms. The lowest BCUT2D eigenvalue weighted by Gasteiger charge is -2.33. The Labute approximate surface area is 233 Å². The Balaban J connectivity index is 1.35. The number of benzene rings is 1. The van der Waals surface area contributed by atoms with Gasteiger partial charge in [0.25, 0.3) is 11.8 Å². The maximum atomic E-state index is 13.4. The molecule has 10 nitrogen and oxygen atoms in total. The molecule has 3 aromatic rings. The quantitative estimate of drug-likeness (QED) is 0.406. The van der Waals surface area contributed by atoms with Gasteiger partial charge in [0.15, 0.2) is 11.5 Å². The molecule has 218 valence electrons. The lowest BCUT2D eigenvalue weighted by atomic mass is 9.83. The molecule has 2 fully saturated rings. The van der Waals surface area contributed by atoms with Crippen LogP contribution in [0.25, 0.3) is 16.9 Å². The summed E-state index contributed by atoms with van der Waals surface area (Å²) in [6.07, 6.45) is 0.771. The number of anilines is 1. The Hall–Kier alpha value is -3.87. The lowest BCUT2D eigenvalue weighted by Crippen LogP contribution is -2.42. The second kappa shape index (κ2) is 9.61. The summed E-state index contributed by atoms with van der Waals surface area (Å²) in [5, 5.41) is 17.3. The molecule has 0 bridgehead atoms.